The summed E-state index contributed by atoms with van der Waals surface area (Å²) in [6.45, 7) is 2.40. The van der Waals surface area contributed by atoms with E-state index in [9.17, 15) is 4.79 Å². The van der Waals surface area contributed by atoms with Crippen LogP contribution in [-0.2, 0) is 11.4 Å². The maximum atomic E-state index is 10.5. The Labute approximate surface area is 129 Å². The fraction of sp³-hybridized carbons (Fsp3) is 0.167. The predicted molar refractivity (Wildman–Crippen MR) is 85.2 cm³/mol. The van der Waals surface area contributed by atoms with E-state index in [1.54, 1.807) is 13.2 Å². The summed E-state index contributed by atoms with van der Waals surface area (Å²) in [5.41, 5.74) is 2.84. The van der Waals surface area contributed by atoms with Crippen molar-refractivity contribution in [3.05, 3.63) is 65.2 Å². The second-order valence-electron chi connectivity index (χ2n) is 4.83. The highest BCUT2D eigenvalue weighted by Gasteiger charge is 2.02. The van der Waals surface area contributed by atoms with Gasteiger partial charge in [0, 0.05) is 6.08 Å². The zero-order valence-corrected chi connectivity index (χ0v) is 12.6. The zero-order valence-electron chi connectivity index (χ0n) is 12.6. The first-order chi connectivity index (χ1) is 10.6. The molecular formula is C18H18O4. The topological polar surface area (TPSA) is 55.8 Å². The number of carbonyl (C=O) groups is 1. The zero-order chi connectivity index (χ0) is 15.9. The normalized spacial score (nSPS) is 10.6. The Morgan fingerprint density at radius 3 is 2.50 bits per heavy atom. The second kappa shape index (κ2) is 7.31. The lowest BCUT2D eigenvalue weighted by Gasteiger charge is -2.10. The first-order valence-electron chi connectivity index (χ1n) is 6.86. The third-order valence-electron chi connectivity index (χ3n) is 3.17. The quantitative estimate of drug-likeness (QED) is 0.827. The Kier molecular flexibility index (Phi) is 5.20. The van der Waals surface area contributed by atoms with E-state index in [4.69, 9.17) is 14.6 Å². The molecule has 0 aromatic heterocycles. The number of benzene rings is 2. The van der Waals surface area contributed by atoms with Crippen molar-refractivity contribution in [2.75, 3.05) is 7.11 Å². The largest absolute Gasteiger partial charge is 0.497 e. The van der Waals surface area contributed by atoms with Gasteiger partial charge in [0.25, 0.3) is 0 Å². The van der Waals surface area contributed by atoms with Gasteiger partial charge in [0.15, 0.2) is 0 Å². The van der Waals surface area contributed by atoms with Crippen molar-refractivity contribution in [1.82, 2.24) is 0 Å². The van der Waals surface area contributed by atoms with Crippen LogP contribution >= 0.6 is 0 Å². The molecule has 0 amide bonds. The van der Waals surface area contributed by atoms with E-state index >= 15 is 0 Å². The smallest absolute Gasteiger partial charge is 0.328 e. The van der Waals surface area contributed by atoms with Gasteiger partial charge in [-0.3, -0.25) is 0 Å². The van der Waals surface area contributed by atoms with E-state index < -0.39 is 5.97 Å². The summed E-state index contributed by atoms with van der Waals surface area (Å²) in [7, 11) is 1.63. The molecule has 0 aliphatic rings. The number of rotatable bonds is 6. The van der Waals surface area contributed by atoms with Crippen LogP contribution in [0.1, 0.15) is 16.7 Å². The van der Waals surface area contributed by atoms with Crippen LogP contribution in [0.25, 0.3) is 6.08 Å². The van der Waals surface area contributed by atoms with Crippen LogP contribution in [0.4, 0.5) is 0 Å². The van der Waals surface area contributed by atoms with E-state index in [0.717, 1.165) is 34.3 Å². The average molecular weight is 298 g/mol. The molecule has 0 fully saturated rings. The minimum atomic E-state index is -0.961. The maximum Gasteiger partial charge on any atom is 0.328 e. The number of carboxylic acid groups (broad SMARTS) is 1. The van der Waals surface area contributed by atoms with Crippen LogP contribution in [0.2, 0.25) is 0 Å². The van der Waals surface area contributed by atoms with Crippen LogP contribution in [0, 0.1) is 6.92 Å². The predicted octanol–water partition coefficient (Wildman–Crippen LogP) is 3.68. The monoisotopic (exact) mass is 298 g/mol. The molecule has 1 N–H and O–H groups in total. The van der Waals surface area contributed by atoms with Crippen molar-refractivity contribution in [1.29, 1.82) is 0 Å². The number of carboxylic acids is 1. The van der Waals surface area contributed by atoms with Crippen molar-refractivity contribution in [3.8, 4) is 11.5 Å². The summed E-state index contributed by atoms with van der Waals surface area (Å²) < 4.78 is 10.9. The van der Waals surface area contributed by atoms with Crippen molar-refractivity contribution in [2.24, 2.45) is 0 Å². The van der Waals surface area contributed by atoms with Crippen LogP contribution in [0.3, 0.4) is 0 Å². The first kappa shape index (κ1) is 15.6. The number of methoxy groups -OCH3 is 1. The van der Waals surface area contributed by atoms with Crippen molar-refractivity contribution < 1.29 is 19.4 Å². The number of aliphatic carboxylic acids is 1. The maximum absolute atomic E-state index is 10.5. The lowest BCUT2D eigenvalue weighted by atomic mass is 10.1. The third kappa shape index (κ3) is 4.38. The first-order valence-corrected chi connectivity index (χ1v) is 6.86. The Balaban J connectivity index is 2.01. The molecule has 0 saturated carbocycles. The molecule has 0 aliphatic heterocycles. The molecule has 0 saturated heterocycles. The van der Waals surface area contributed by atoms with Gasteiger partial charge >= 0.3 is 5.97 Å². The van der Waals surface area contributed by atoms with Crippen molar-refractivity contribution >= 4 is 12.0 Å². The minimum Gasteiger partial charge on any atom is -0.497 e. The molecule has 2 aromatic rings. The Morgan fingerprint density at radius 1 is 1.18 bits per heavy atom. The molecule has 22 heavy (non-hydrogen) atoms. The fourth-order valence-corrected chi connectivity index (χ4v) is 1.99. The Morgan fingerprint density at radius 2 is 1.91 bits per heavy atom. The molecular weight excluding hydrogens is 280 g/mol. The SMILES string of the molecule is COc1ccc(COc2ccc(/C=C/C(=O)O)cc2C)cc1. The highest BCUT2D eigenvalue weighted by molar-refractivity contribution is 5.85. The van der Waals surface area contributed by atoms with E-state index in [0.29, 0.717) is 6.61 Å². The van der Waals surface area contributed by atoms with Gasteiger partial charge in [-0.15, -0.1) is 0 Å². The lowest BCUT2D eigenvalue weighted by Crippen LogP contribution is -1.97. The molecule has 4 nitrogen and oxygen atoms in total. The van der Waals surface area contributed by atoms with Gasteiger partial charge in [0.2, 0.25) is 0 Å². The van der Waals surface area contributed by atoms with Crippen molar-refractivity contribution in [2.45, 2.75) is 13.5 Å². The summed E-state index contributed by atoms with van der Waals surface area (Å²) in [5.74, 6) is 0.635. The van der Waals surface area contributed by atoms with Gasteiger partial charge in [-0.1, -0.05) is 18.2 Å². The van der Waals surface area contributed by atoms with E-state index in [1.807, 2.05) is 49.4 Å². The highest BCUT2D eigenvalue weighted by atomic mass is 16.5. The summed E-state index contributed by atoms with van der Waals surface area (Å²) >= 11 is 0. The van der Waals surface area contributed by atoms with Gasteiger partial charge in [0.1, 0.15) is 18.1 Å². The van der Waals surface area contributed by atoms with E-state index in [1.165, 1.54) is 0 Å². The summed E-state index contributed by atoms with van der Waals surface area (Å²) in [6.07, 6.45) is 2.68. The molecule has 0 unspecified atom stereocenters. The molecule has 0 spiro atoms. The second-order valence-corrected chi connectivity index (χ2v) is 4.83. The van der Waals surface area contributed by atoms with E-state index in [2.05, 4.69) is 0 Å². The molecule has 0 heterocycles. The van der Waals surface area contributed by atoms with Gasteiger partial charge < -0.3 is 14.6 Å². The Hall–Kier alpha value is -2.75. The van der Waals surface area contributed by atoms with Crippen LogP contribution in [0.5, 0.6) is 11.5 Å². The van der Waals surface area contributed by atoms with Gasteiger partial charge in [-0.25, -0.2) is 4.79 Å². The molecule has 0 radical (unpaired) electrons. The fourth-order valence-electron chi connectivity index (χ4n) is 1.99. The summed E-state index contributed by atoms with van der Waals surface area (Å²) in [5, 5.41) is 8.63. The number of ether oxygens (including phenoxy) is 2. The molecule has 0 atom stereocenters. The van der Waals surface area contributed by atoms with Crippen LogP contribution in [-0.4, -0.2) is 18.2 Å². The van der Waals surface area contributed by atoms with Gasteiger partial charge in [-0.2, -0.15) is 0 Å². The van der Waals surface area contributed by atoms with Gasteiger partial charge in [-0.05, 0) is 54.0 Å². The highest BCUT2D eigenvalue weighted by Crippen LogP contribution is 2.21. The third-order valence-corrected chi connectivity index (χ3v) is 3.17. The van der Waals surface area contributed by atoms with Gasteiger partial charge in [0.05, 0.1) is 7.11 Å². The molecule has 2 aromatic carbocycles. The van der Waals surface area contributed by atoms with E-state index in [-0.39, 0.29) is 0 Å². The minimum absolute atomic E-state index is 0.467. The number of aryl methyl sites for hydroxylation is 1. The Bertz CT molecular complexity index is 672. The molecule has 4 heteroatoms. The molecule has 0 bridgehead atoms. The number of hydrogen-bond donors (Lipinski definition) is 1. The summed E-state index contributed by atoms with van der Waals surface area (Å²) in [4.78, 5) is 10.5. The standard InChI is InChI=1S/C18H18O4/c1-13-11-14(6-10-18(19)20)5-9-17(13)22-12-15-3-7-16(21-2)8-4-15/h3-11H,12H2,1-2H3,(H,19,20)/b10-6+. The van der Waals surface area contributed by atoms with Crippen LogP contribution < -0.4 is 9.47 Å². The lowest BCUT2D eigenvalue weighted by molar-refractivity contribution is -0.131. The average Bonchev–Trinajstić information content (AvgIpc) is 2.52. The van der Waals surface area contributed by atoms with Crippen molar-refractivity contribution in [3.63, 3.8) is 0 Å². The summed E-state index contributed by atoms with van der Waals surface area (Å²) in [6, 6.07) is 13.3. The molecule has 0 aliphatic carbocycles. The molecule has 2 rings (SSSR count). The molecule has 114 valence electrons. The van der Waals surface area contributed by atoms with Crippen LogP contribution in [0.15, 0.2) is 48.5 Å². The number of hydrogen-bond acceptors (Lipinski definition) is 3.